The average molecular weight is 323 g/mol. The minimum Gasteiger partial charge on any atom is -0.335 e. The van der Waals surface area contributed by atoms with E-state index in [4.69, 9.17) is 0 Å². The summed E-state index contributed by atoms with van der Waals surface area (Å²) in [6.07, 6.45) is 4.38. The summed E-state index contributed by atoms with van der Waals surface area (Å²) < 4.78 is 0. The fraction of sp³-hybridized carbons (Fsp3) is 0.400. The van der Waals surface area contributed by atoms with Gasteiger partial charge in [0.05, 0.1) is 5.56 Å². The highest BCUT2D eigenvalue weighted by Gasteiger charge is 2.32. The van der Waals surface area contributed by atoms with Gasteiger partial charge in [-0.25, -0.2) is 0 Å². The Labute approximate surface area is 144 Å². The van der Waals surface area contributed by atoms with Crippen LogP contribution in [-0.4, -0.2) is 46.4 Å². The van der Waals surface area contributed by atoms with Crippen molar-refractivity contribution < 1.29 is 4.79 Å². The van der Waals surface area contributed by atoms with Crippen molar-refractivity contribution in [1.82, 2.24) is 14.8 Å². The van der Waals surface area contributed by atoms with Crippen LogP contribution in [0.2, 0.25) is 0 Å². The van der Waals surface area contributed by atoms with Crippen LogP contribution >= 0.6 is 0 Å². The van der Waals surface area contributed by atoms with Crippen molar-refractivity contribution in [2.75, 3.05) is 19.6 Å². The second kappa shape index (κ2) is 7.58. The minimum absolute atomic E-state index is 0.0878. The Kier molecular flexibility index (Phi) is 5.26. The zero-order chi connectivity index (χ0) is 16.9. The smallest absolute Gasteiger partial charge is 0.255 e. The molecular formula is C20H25N3O. The van der Waals surface area contributed by atoms with Gasteiger partial charge in [-0.05, 0) is 38.0 Å². The Morgan fingerprint density at radius 3 is 2.75 bits per heavy atom. The SMILES string of the molecule is CCN(C(=O)c1cccnc1)C1CCN(C(C)c2ccccc2)C1. The van der Waals surface area contributed by atoms with Gasteiger partial charge in [0.15, 0.2) is 0 Å². The van der Waals surface area contributed by atoms with Gasteiger partial charge in [0.2, 0.25) is 0 Å². The van der Waals surface area contributed by atoms with E-state index in [1.54, 1.807) is 12.4 Å². The number of amides is 1. The summed E-state index contributed by atoms with van der Waals surface area (Å²) in [6, 6.07) is 14.9. The van der Waals surface area contributed by atoms with Crippen LogP contribution < -0.4 is 0 Å². The van der Waals surface area contributed by atoms with Gasteiger partial charge in [-0.1, -0.05) is 30.3 Å². The molecule has 0 saturated carbocycles. The van der Waals surface area contributed by atoms with Crippen LogP contribution in [0.3, 0.4) is 0 Å². The number of pyridine rings is 1. The van der Waals surface area contributed by atoms with Crippen molar-refractivity contribution in [2.45, 2.75) is 32.4 Å². The summed E-state index contributed by atoms with van der Waals surface area (Å²) in [4.78, 5) is 21.3. The minimum atomic E-state index is 0.0878. The molecule has 1 saturated heterocycles. The Hall–Kier alpha value is -2.20. The Morgan fingerprint density at radius 1 is 1.29 bits per heavy atom. The van der Waals surface area contributed by atoms with Crippen LogP contribution in [0, 0.1) is 0 Å². The molecule has 1 aromatic carbocycles. The Bertz CT molecular complexity index is 659. The molecular weight excluding hydrogens is 298 g/mol. The van der Waals surface area contributed by atoms with Gasteiger partial charge in [-0.15, -0.1) is 0 Å². The molecule has 2 aromatic rings. The van der Waals surface area contributed by atoms with Crippen molar-refractivity contribution >= 4 is 5.91 Å². The van der Waals surface area contributed by atoms with E-state index in [0.717, 1.165) is 26.1 Å². The molecule has 126 valence electrons. The summed E-state index contributed by atoms with van der Waals surface area (Å²) in [5.41, 5.74) is 2.01. The van der Waals surface area contributed by atoms with Crippen molar-refractivity contribution in [3.63, 3.8) is 0 Å². The van der Waals surface area contributed by atoms with Crippen LogP contribution in [0.1, 0.15) is 42.2 Å². The average Bonchev–Trinajstić information content (AvgIpc) is 3.13. The second-order valence-electron chi connectivity index (χ2n) is 6.36. The van der Waals surface area contributed by atoms with E-state index in [1.807, 2.05) is 23.1 Å². The highest BCUT2D eigenvalue weighted by Crippen LogP contribution is 2.27. The molecule has 1 fully saturated rings. The third-order valence-corrected chi connectivity index (χ3v) is 4.98. The van der Waals surface area contributed by atoms with Gasteiger partial charge in [-0.3, -0.25) is 14.7 Å². The van der Waals surface area contributed by atoms with Gasteiger partial charge in [0, 0.05) is 44.1 Å². The lowest BCUT2D eigenvalue weighted by atomic mass is 10.1. The first-order chi connectivity index (χ1) is 11.7. The number of likely N-dealkylation sites (N-methyl/N-ethyl adjacent to an activating group) is 1. The van der Waals surface area contributed by atoms with Crippen LogP contribution in [0.25, 0.3) is 0 Å². The lowest BCUT2D eigenvalue weighted by Gasteiger charge is -2.30. The number of carbonyl (C=O) groups excluding carboxylic acids is 1. The van der Waals surface area contributed by atoms with E-state index in [-0.39, 0.29) is 11.9 Å². The topological polar surface area (TPSA) is 36.4 Å². The van der Waals surface area contributed by atoms with E-state index in [0.29, 0.717) is 11.6 Å². The monoisotopic (exact) mass is 323 g/mol. The summed E-state index contributed by atoms with van der Waals surface area (Å²) in [6.45, 7) is 6.98. The number of carbonyl (C=O) groups is 1. The lowest BCUT2D eigenvalue weighted by Crippen LogP contribution is -2.42. The standard InChI is InChI=1S/C20H25N3O/c1-3-23(20(24)18-10-7-12-21-14-18)19-11-13-22(15-19)16(2)17-8-5-4-6-9-17/h4-10,12,14,16,19H,3,11,13,15H2,1-2H3. The largest absolute Gasteiger partial charge is 0.335 e. The van der Waals surface area contributed by atoms with E-state index >= 15 is 0 Å². The first-order valence-corrected chi connectivity index (χ1v) is 8.70. The molecule has 2 unspecified atom stereocenters. The molecule has 24 heavy (non-hydrogen) atoms. The molecule has 0 aliphatic carbocycles. The zero-order valence-electron chi connectivity index (χ0n) is 14.4. The van der Waals surface area contributed by atoms with Gasteiger partial charge in [0.1, 0.15) is 0 Å². The molecule has 4 nitrogen and oxygen atoms in total. The predicted molar refractivity (Wildman–Crippen MR) is 95.8 cm³/mol. The van der Waals surface area contributed by atoms with Crippen molar-refractivity contribution in [2.24, 2.45) is 0 Å². The summed E-state index contributed by atoms with van der Waals surface area (Å²) in [5.74, 6) is 0.0878. The number of rotatable bonds is 5. The van der Waals surface area contributed by atoms with Gasteiger partial charge >= 0.3 is 0 Å². The molecule has 0 bridgehead atoms. The first-order valence-electron chi connectivity index (χ1n) is 8.70. The molecule has 2 heterocycles. The number of benzene rings is 1. The van der Waals surface area contributed by atoms with E-state index in [9.17, 15) is 4.79 Å². The fourth-order valence-corrected chi connectivity index (χ4v) is 3.54. The number of hydrogen-bond acceptors (Lipinski definition) is 3. The molecule has 2 atom stereocenters. The summed E-state index contributed by atoms with van der Waals surface area (Å²) >= 11 is 0. The molecule has 0 N–H and O–H groups in total. The van der Waals surface area contributed by atoms with Crippen molar-refractivity contribution in [3.05, 3.63) is 66.0 Å². The summed E-state index contributed by atoms with van der Waals surface area (Å²) in [5, 5.41) is 0. The molecule has 1 aliphatic heterocycles. The molecule has 1 aliphatic rings. The second-order valence-corrected chi connectivity index (χ2v) is 6.36. The maximum atomic E-state index is 12.8. The quantitative estimate of drug-likeness (QED) is 0.846. The Morgan fingerprint density at radius 2 is 2.08 bits per heavy atom. The first kappa shape index (κ1) is 16.7. The lowest BCUT2D eigenvalue weighted by molar-refractivity contribution is 0.0689. The highest BCUT2D eigenvalue weighted by molar-refractivity contribution is 5.94. The fourth-order valence-electron chi connectivity index (χ4n) is 3.54. The van der Waals surface area contributed by atoms with Gasteiger partial charge in [0.25, 0.3) is 5.91 Å². The van der Waals surface area contributed by atoms with Gasteiger partial charge < -0.3 is 4.90 Å². The van der Waals surface area contributed by atoms with E-state index in [2.05, 4.69) is 48.0 Å². The van der Waals surface area contributed by atoms with Crippen LogP contribution in [0.15, 0.2) is 54.9 Å². The third kappa shape index (κ3) is 3.49. The molecule has 1 amide bonds. The number of aromatic nitrogens is 1. The Balaban J connectivity index is 1.68. The maximum Gasteiger partial charge on any atom is 0.255 e. The van der Waals surface area contributed by atoms with E-state index < -0.39 is 0 Å². The molecule has 0 spiro atoms. The summed E-state index contributed by atoms with van der Waals surface area (Å²) in [7, 11) is 0. The normalized spacial score (nSPS) is 19.2. The van der Waals surface area contributed by atoms with Crippen LogP contribution in [0.4, 0.5) is 0 Å². The zero-order valence-corrected chi connectivity index (χ0v) is 14.4. The molecule has 4 heteroatoms. The van der Waals surface area contributed by atoms with Crippen molar-refractivity contribution in [3.8, 4) is 0 Å². The third-order valence-electron chi connectivity index (χ3n) is 4.98. The molecule has 1 aromatic heterocycles. The number of likely N-dealkylation sites (tertiary alicyclic amines) is 1. The van der Waals surface area contributed by atoms with Crippen molar-refractivity contribution in [1.29, 1.82) is 0 Å². The van der Waals surface area contributed by atoms with E-state index in [1.165, 1.54) is 5.56 Å². The maximum absolute atomic E-state index is 12.8. The highest BCUT2D eigenvalue weighted by atomic mass is 16.2. The van der Waals surface area contributed by atoms with Gasteiger partial charge in [-0.2, -0.15) is 0 Å². The molecule has 3 rings (SSSR count). The predicted octanol–water partition coefficient (Wildman–Crippen LogP) is 3.38. The van der Waals surface area contributed by atoms with Crippen LogP contribution in [-0.2, 0) is 0 Å². The number of nitrogens with zero attached hydrogens (tertiary/aromatic N) is 3. The van der Waals surface area contributed by atoms with Crippen LogP contribution in [0.5, 0.6) is 0 Å². The molecule has 0 radical (unpaired) electrons. The number of hydrogen-bond donors (Lipinski definition) is 0.